The van der Waals surface area contributed by atoms with Crippen LogP contribution in [0.4, 0.5) is 0 Å². The molecule has 164 valence electrons. The van der Waals surface area contributed by atoms with Gasteiger partial charge in [-0.05, 0) is 86.4 Å². The van der Waals surface area contributed by atoms with E-state index in [2.05, 4.69) is 27.3 Å². The molecule has 31 heavy (non-hydrogen) atoms. The first-order valence-corrected chi connectivity index (χ1v) is 11.8. The summed E-state index contributed by atoms with van der Waals surface area (Å²) in [6, 6.07) is 13.8. The molecule has 2 N–H and O–H groups in total. The maximum atomic E-state index is 12.7. The Morgan fingerprint density at radius 2 is 1.65 bits per heavy atom. The zero-order chi connectivity index (χ0) is 21.4. The Kier molecular flexibility index (Phi) is 5.70. The lowest BCUT2D eigenvalue weighted by molar-refractivity contribution is -0.0347. The molecule has 0 unspecified atom stereocenters. The molecule has 0 spiro atoms. The second kappa shape index (κ2) is 8.62. The standard InChI is InChI=1S/C26H33N3O2/c1-29(15-17-5-3-2-4-6-17)16-22-7-8-23(26(31)28-22)25(30)27-14-24-20-10-18-9-19(12-20)13-21(24)11-18/h2-8,18-21,24H,9-16H2,1H3,(H,27,30)(H,28,31). The number of carbonyl (C=O) groups excluding carboxylic acids is 1. The van der Waals surface area contributed by atoms with Gasteiger partial charge >= 0.3 is 0 Å². The lowest BCUT2D eigenvalue weighted by atomic mass is 9.52. The minimum Gasteiger partial charge on any atom is -0.352 e. The van der Waals surface area contributed by atoms with Crippen LogP contribution >= 0.6 is 0 Å². The average Bonchev–Trinajstić information content (AvgIpc) is 2.73. The van der Waals surface area contributed by atoms with Gasteiger partial charge in [0.25, 0.3) is 11.5 Å². The highest BCUT2D eigenvalue weighted by Gasteiger charge is 2.47. The number of aromatic nitrogens is 1. The largest absolute Gasteiger partial charge is 0.352 e. The van der Waals surface area contributed by atoms with E-state index in [9.17, 15) is 9.59 Å². The minimum absolute atomic E-state index is 0.221. The molecule has 5 heteroatoms. The normalized spacial score (nSPS) is 28.8. The van der Waals surface area contributed by atoms with E-state index in [1.54, 1.807) is 6.07 Å². The SMILES string of the molecule is CN(Cc1ccccc1)Cc1ccc(C(=O)NCC2C3CC4CC(C3)CC2C4)c(=O)[nH]1. The van der Waals surface area contributed by atoms with E-state index in [0.717, 1.165) is 35.9 Å². The molecule has 0 radical (unpaired) electrons. The predicted octanol–water partition coefficient (Wildman–Crippen LogP) is 3.81. The van der Waals surface area contributed by atoms with Gasteiger partial charge in [-0.15, -0.1) is 0 Å². The van der Waals surface area contributed by atoms with Crippen LogP contribution in [0.2, 0.25) is 0 Å². The van der Waals surface area contributed by atoms with E-state index < -0.39 is 0 Å². The van der Waals surface area contributed by atoms with E-state index in [0.29, 0.717) is 19.0 Å². The van der Waals surface area contributed by atoms with Crippen LogP contribution in [-0.2, 0) is 13.1 Å². The molecule has 4 aliphatic rings. The molecule has 4 saturated carbocycles. The number of rotatable bonds is 7. The third-order valence-electron chi connectivity index (χ3n) is 7.87. The predicted molar refractivity (Wildman–Crippen MR) is 122 cm³/mol. The number of pyridine rings is 1. The zero-order valence-corrected chi connectivity index (χ0v) is 18.3. The van der Waals surface area contributed by atoms with E-state index in [-0.39, 0.29) is 17.0 Å². The minimum atomic E-state index is -0.298. The fourth-order valence-electron chi connectivity index (χ4n) is 6.70. The molecule has 0 aliphatic heterocycles. The summed E-state index contributed by atoms with van der Waals surface area (Å²) in [7, 11) is 2.02. The number of hydrogen-bond acceptors (Lipinski definition) is 3. The smallest absolute Gasteiger partial charge is 0.261 e. The van der Waals surface area contributed by atoms with Crippen LogP contribution in [0.25, 0.3) is 0 Å². The van der Waals surface area contributed by atoms with Crippen molar-refractivity contribution in [2.75, 3.05) is 13.6 Å². The van der Waals surface area contributed by atoms with Crippen molar-refractivity contribution in [3.8, 4) is 0 Å². The number of benzene rings is 1. The summed E-state index contributed by atoms with van der Waals surface area (Å²) < 4.78 is 0. The quantitative estimate of drug-likeness (QED) is 0.717. The Balaban J connectivity index is 1.17. The van der Waals surface area contributed by atoms with Crippen LogP contribution in [0.3, 0.4) is 0 Å². The van der Waals surface area contributed by atoms with Gasteiger partial charge in [-0.25, -0.2) is 0 Å². The van der Waals surface area contributed by atoms with Crippen LogP contribution in [0.5, 0.6) is 0 Å². The van der Waals surface area contributed by atoms with Gasteiger partial charge in [-0.3, -0.25) is 14.5 Å². The molecule has 6 rings (SSSR count). The Morgan fingerprint density at radius 3 is 2.29 bits per heavy atom. The van der Waals surface area contributed by atoms with Crippen molar-refractivity contribution < 1.29 is 4.79 Å². The molecule has 4 aliphatic carbocycles. The van der Waals surface area contributed by atoms with E-state index in [1.807, 2.05) is 31.3 Å². The van der Waals surface area contributed by atoms with E-state index in [1.165, 1.54) is 37.7 Å². The van der Waals surface area contributed by atoms with E-state index >= 15 is 0 Å². The Morgan fingerprint density at radius 1 is 0.968 bits per heavy atom. The summed E-state index contributed by atoms with van der Waals surface area (Å²) in [5.41, 5.74) is 1.97. The first kappa shape index (κ1) is 20.5. The van der Waals surface area contributed by atoms with Gasteiger partial charge in [0.05, 0.1) is 0 Å². The van der Waals surface area contributed by atoms with Crippen LogP contribution in [-0.4, -0.2) is 29.4 Å². The second-order valence-electron chi connectivity index (χ2n) is 10.2. The van der Waals surface area contributed by atoms with Crippen molar-refractivity contribution in [1.82, 2.24) is 15.2 Å². The van der Waals surface area contributed by atoms with Gasteiger partial charge in [0.15, 0.2) is 0 Å². The molecule has 1 aromatic heterocycles. The number of aromatic amines is 1. The van der Waals surface area contributed by atoms with Gasteiger partial charge in [-0.2, -0.15) is 0 Å². The van der Waals surface area contributed by atoms with Gasteiger partial charge < -0.3 is 10.3 Å². The summed E-state index contributed by atoms with van der Waals surface area (Å²) >= 11 is 0. The second-order valence-corrected chi connectivity index (χ2v) is 10.2. The number of H-pyrrole nitrogens is 1. The van der Waals surface area contributed by atoms with Gasteiger partial charge in [0.1, 0.15) is 5.56 Å². The average molecular weight is 420 g/mol. The number of amides is 1. The van der Waals surface area contributed by atoms with Crippen LogP contribution in [0, 0.1) is 29.6 Å². The van der Waals surface area contributed by atoms with Crippen LogP contribution in [0.15, 0.2) is 47.3 Å². The molecular weight excluding hydrogens is 386 g/mol. The van der Waals surface area contributed by atoms with Crippen LogP contribution in [0.1, 0.15) is 53.7 Å². The monoisotopic (exact) mass is 419 g/mol. The van der Waals surface area contributed by atoms with Gasteiger partial charge in [-0.1, -0.05) is 30.3 Å². The third-order valence-corrected chi connectivity index (χ3v) is 7.87. The molecule has 5 nitrogen and oxygen atoms in total. The Labute approximate surface area is 184 Å². The maximum Gasteiger partial charge on any atom is 0.261 e. The van der Waals surface area contributed by atoms with E-state index in [4.69, 9.17) is 0 Å². The molecule has 1 amide bonds. The van der Waals surface area contributed by atoms with Crippen LogP contribution < -0.4 is 10.9 Å². The van der Waals surface area contributed by atoms with Crippen molar-refractivity contribution in [1.29, 1.82) is 0 Å². The Hall–Kier alpha value is -2.40. The fraction of sp³-hybridized carbons (Fsp3) is 0.538. The van der Waals surface area contributed by atoms with Crippen molar-refractivity contribution >= 4 is 5.91 Å². The lowest BCUT2D eigenvalue weighted by Gasteiger charge is -2.54. The zero-order valence-electron chi connectivity index (χ0n) is 18.3. The molecule has 0 atom stereocenters. The van der Waals surface area contributed by atoms with Gasteiger partial charge in [0.2, 0.25) is 0 Å². The summed E-state index contributed by atoms with van der Waals surface area (Å²) in [4.78, 5) is 30.4. The molecular formula is C26H33N3O2. The molecule has 0 saturated heterocycles. The van der Waals surface area contributed by atoms with Crippen molar-refractivity contribution in [3.05, 3.63) is 69.6 Å². The molecule has 4 bridgehead atoms. The highest BCUT2D eigenvalue weighted by Crippen LogP contribution is 2.56. The maximum absolute atomic E-state index is 12.7. The lowest BCUT2D eigenvalue weighted by Crippen LogP contribution is -2.49. The number of hydrogen-bond donors (Lipinski definition) is 2. The first-order chi connectivity index (χ1) is 15.0. The fourth-order valence-corrected chi connectivity index (χ4v) is 6.70. The number of nitrogens with zero attached hydrogens (tertiary/aromatic N) is 1. The number of nitrogens with one attached hydrogen (secondary N) is 2. The molecule has 2 aromatic rings. The summed E-state index contributed by atoms with van der Waals surface area (Å²) in [6.45, 7) is 2.14. The molecule has 1 aromatic carbocycles. The van der Waals surface area contributed by atoms with Crippen molar-refractivity contribution in [2.45, 2.75) is 45.2 Å². The summed E-state index contributed by atoms with van der Waals surface area (Å²) in [5.74, 6) is 3.78. The highest BCUT2D eigenvalue weighted by atomic mass is 16.2. The summed E-state index contributed by atoms with van der Waals surface area (Å²) in [6.07, 6.45) is 6.83. The first-order valence-electron chi connectivity index (χ1n) is 11.8. The topological polar surface area (TPSA) is 65.2 Å². The third kappa shape index (κ3) is 4.47. The highest BCUT2D eigenvalue weighted by molar-refractivity contribution is 5.93. The van der Waals surface area contributed by atoms with Crippen molar-refractivity contribution in [3.63, 3.8) is 0 Å². The van der Waals surface area contributed by atoms with Crippen molar-refractivity contribution in [2.24, 2.45) is 29.6 Å². The molecule has 1 heterocycles. The molecule has 4 fully saturated rings. The Bertz CT molecular complexity index is 956. The summed E-state index contributed by atoms with van der Waals surface area (Å²) in [5, 5.41) is 3.09. The number of carbonyl (C=O) groups is 1. The van der Waals surface area contributed by atoms with Gasteiger partial charge in [0, 0.05) is 25.3 Å².